The van der Waals surface area contributed by atoms with Gasteiger partial charge in [-0.2, -0.15) is 0 Å². The van der Waals surface area contributed by atoms with Gasteiger partial charge in [-0.3, -0.25) is 9.59 Å². The predicted octanol–water partition coefficient (Wildman–Crippen LogP) is 1.47. The Bertz CT molecular complexity index is 562. The number of hydrogen-bond acceptors (Lipinski definition) is 4. The predicted molar refractivity (Wildman–Crippen MR) is 80.7 cm³/mol. The number of nitrogens with one attached hydrogen (secondary N) is 2. The summed E-state index contributed by atoms with van der Waals surface area (Å²) < 4.78 is 11.2. The van der Waals surface area contributed by atoms with Crippen LogP contribution in [0.25, 0.3) is 0 Å². The highest BCUT2D eigenvalue weighted by atomic mass is 79.9. The van der Waals surface area contributed by atoms with E-state index in [-0.39, 0.29) is 17.9 Å². The number of halogens is 1. The van der Waals surface area contributed by atoms with Crippen molar-refractivity contribution in [2.75, 3.05) is 20.8 Å². The Morgan fingerprint density at radius 2 is 2.19 bits per heavy atom. The van der Waals surface area contributed by atoms with E-state index < -0.39 is 0 Å². The number of carbonyl (C=O) groups is 2. The van der Waals surface area contributed by atoms with Gasteiger partial charge in [-0.05, 0) is 34.5 Å². The highest BCUT2D eigenvalue weighted by molar-refractivity contribution is 9.10. The first-order valence-electron chi connectivity index (χ1n) is 6.54. The summed E-state index contributed by atoms with van der Waals surface area (Å²) >= 11 is 3.35. The quantitative estimate of drug-likeness (QED) is 0.837. The van der Waals surface area contributed by atoms with Gasteiger partial charge >= 0.3 is 0 Å². The van der Waals surface area contributed by atoms with Crippen molar-refractivity contribution in [3.05, 3.63) is 22.2 Å². The maximum absolute atomic E-state index is 12.4. The van der Waals surface area contributed by atoms with Crippen LogP contribution in [0.1, 0.15) is 23.2 Å². The lowest BCUT2D eigenvalue weighted by molar-refractivity contribution is -0.119. The van der Waals surface area contributed by atoms with Crippen LogP contribution in [-0.4, -0.2) is 38.6 Å². The first kappa shape index (κ1) is 15.6. The van der Waals surface area contributed by atoms with Crippen molar-refractivity contribution in [3.8, 4) is 11.5 Å². The van der Waals surface area contributed by atoms with Crippen LogP contribution in [0.3, 0.4) is 0 Å². The minimum atomic E-state index is -0.300. The molecular weight excluding hydrogens is 340 g/mol. The lowest BCUT2D eigenvalue weighted by atomic mass is 10.1. The molecule has 1 aliphatic heterocycles. The maximum Gasteiger partial charge on any atom is 0.258 e. The Morgan fingerprint density at radius 3 is 2.76 bits per heavy atom. The van der Waals surface area contributed by atoms with Crippen LogP contribution < -0.4 is 20.1 Å². The number of amides is 2. The summed E-state index contributed by atoms with van der Waals surface area (Å²) in [5.74, 6) is 0.573. The summed E-state index contributed by atoms with van der Waals surface area (Å²) in [6.07, 6.45) is 1.23. The number of ether oxygens (including phenoxy) is 2. The summed E-state index contributed by atoms with van der Waals surface area (Å²) in [6, 6.07) is 3.43. The SMILES string of the molecule is COc1ccc(Br)c(OC)c1C(=O)NC[C@@H]1CCC(=O)N1. The zero-order valence-electron chi connectivity index (χ0n) is 11.9. The van der Waals surface area contributed by atoms with Crippen molar-refractivity contribution in [1.29, 1.82) is 0 Å². The van der Waals surface area contributed by atoms with Gasteiger partial charge in [0, 0.05) is 19.0 Å². The molecule has 0 saturated carbocycles. The molecule has 7 heteroatoms. The summed E-state index contributed by atoms with van der Waals surface area (Å²) in [5, 5.41) is 5.61. The topological polar surface area (TPSA) is 76.7 Å². The average Bonchev–Trinajstić information content (AvgIpc) is 2.90. The standard InChI is InChI=1S/C14H17BrN2O4/c1-20-10-5-4-9(15)13(21-2)12(10)14(19)16-7-8-3-6-11(18)17-8/h4-5,8H,3,6-7H2,1-2H3,(H,16,19)(H,17,18)/t8-/m0/s1. The molecule has 1 fully saturated rings. The Labute approximate surface area is 131 Å². The largest absolute Gasteiger partial charge is 0.496 e. The normalized spacial score (nSPS) is 17.3. The fourth-order valence-electron chi connectivity index (χ4n) is 2.26. The third-order valence-corrected chi connectivity index (χ3v) is 3.94. The van der Waals surface area contributed by atoms with Crippen molar-refractivity contribution >= 4 is 27.7 Å². The van der Waals surface area contributed by atoms with Gasteiger partial charge < -0.3 is 20.1 Å². The van der Waals surface area contributed by atoms with Crippen molar-refractivity contribution < 1.29 is 19.1 Å². The smallest absolute Gasteiger partial charge is 0.258 e. The zero-order chi connectivity index (χ0) is 15.4. The second-order valence-corrected chi connectivity index (χ2v) is 5.53. The maximum atomic E-state index is 12.4. The summed E-state index contributed by atoms with van der Waals surface area (Å²) in [4.78, 5) is 23.5. The van der Waals surface area contributed by atoms with Crippen molar-refractivity contribution in [1.82, 2.24) is 10.6 Å². The van der Waals surface area contributed by atoms with Crippen LogP contribution in [-0.2, 0) is 4.79 Å². The molecule has 1 aromatic rings. The van der Waals surface area contributed by atoms with E-state index in [4.69, 9.17) is 9.47 Å². The lowest BCUT2D eigenvalue weighted by Crippen LogP contribution is -2.38. The second kappa shape index (κ2) is 6.80. The van der Waals surface area contributed by atoms with Gasteiger partial charge in [-0.25, -0.2) is 0 Å². The Hall–Kier alpha value is -1.76. The molecule has 2 rings (SSSR count). The van der Waals surface area contributed by atoms with Gasteiger partial charge in [-0.15, -0.1) is 0 Å². The first-order valence-corrected chi connectivity index (χ1v) is 7.34. The molecule has 114 valence electrons. The van der Waals surface area contributed by atoms with Gasteiger partial charge in [0.1, 0.15) is 17.1 Å². The molecule has 2 amide bonds. The molecule has 1 aliphatic rings. The lowest BCUT2D eigenvalue weighted by Gasteiger charge is -2.16. The number of benzene rings is 1. The van der Waals surface area contributed by atoms with Crippen LogP contribution in [0, 0.1) is 0 Å². The number of rotatable bonds is 5. The van der Waals surface area contributed by atoms with Crippen molar-refractivity contribution in [2.45, 2.75) is 18.9 Å². The molecule has 1 saturated heterocycles. The molecule has 0 bridgehead atoms. The molecule has 0 spiro atoms. The highest BCUT2D eigenvalue weighted by Gasteiger charge is 2.24. The average molecular weight is 357 g/mol. The van der Waals surface area contributed by atoms with Crippen molar-refractivity contribution in [3.63, 3.8) is 0 Å². The Balaban J connectivity index is 2.14. The van der Waals surface area contributed by atoms with Gasteiger partial charge in [0.15, 0.2) is 0 Å². The summed E-state index contributed by atoms with van der Waals surface area (Å²) in [6.45, 7) is 0.378. The van der Waals surface area contributed by atoms with Crippen LogP contribution in [0.4, 0.5) is 0 Å². The molecule has 2 N–H and O–H groups in total. The molecule has 0 radical (unpaired) electrons. The summed E-state index contributed by atoms with van der Waals surface area (Å²) in [5.41, 5.74) is 0.332. The molecule has 0 unspecified atom stereocenters. The third kappa shape index (κ3) is 3.47. The van der Waals surface area contributed by atoms with Gasteiger partial charge in [0.25, 0.3) is 5.91 Å². The highest BCUT2D eigenvalue weighted by Crippen LogP contribution is 2.35. The van der Waals surface area contributed by atoms with E-state index in [0.29, 0.717) is 34.5 Å². The van der Waals surface area contributed by atoms with Gasteiger partial charge in [-0.1, -0.05) is 0 Å². The number of carbonyl (C=O) groups excluding carboxylic acids is 2. The monoisotopic (exact) mass is 356 g/mol. The third-order valence-electron chi connectivity index (χ3n) is 3.32. The second-order valence-electron chi connectivity index (χ2n) is 4.67. The molecule has 0 aliphatic carbocycles. The van der Waals surface area contributed by atoms with Crippen LogP contribution in [0.2, 0.25) is 0 Å². The van der Waals surface area contributed by atoms with E-state index in [1.165, 1.54) is 14.2 Å². The minimum absolute atomic E-state index is 0.0202. The van der Waals surface area contributed by atoms with E-state index in [1.807, 2.05) is 0 Å². The molecule has 1 atom stereocenters. The van der Waals surface area contributed by atoms with E-state index >= 15 is 0 Å². The van der Waals surface area contributed by atoms with Gasteiger partial charge in [0.2, 0.25) is 5.91 Å². The first-order chi connectivity index (χ1) is 10.1. The Morgan fingerprint density at radius 1 is 1.43 bits per heavy atom. The van der Waals surface area contributed by atoms with Crippen LogP contribution >= 0.6 is 15.9 Å². The van der Waals surface area contributed by atoms with Crippen LogP contribution in [0.5, 0.6) is 11.5 Å². The number of hydrogen-bond donors (Lipinski definition) is 2. The van der Waals surface area contributed by atoms with Crippen molar-refractivity contribution in [2.24, 2.45) is 0 Å². The summed E-state index contributed by atoms with van der Waals surface area (Å²) in [7, 11) is 2.99. The zero-order valence-corrected chi connectivity index (χ0v) is 13.5. The Kier molecular flexibility index (Phi) is 5.06. The molecule has 1 heterocycles. The van der Waals surface area contributed by atoms with E-state index in [1.54, 1.807) is 12.1 Å². The van der Waals surface area contributed by atoms with E-state index in [0.717, 1.165) is 6.42 Å². The fraction of sp³-hybridized carbons (Fsp3) is 0.429. The molecule has 6 nitrogen and oxygen atoms in total. The van der Waals surface area contributed by atoms with E-state index in [2.05, 4.69) is 26.6 Å². The van der Waals surface area contributed by atoms with Crippen LogP contribution in [0.15, 0.2) is 16.6 Å². The molecule has 0 aromatic heterocycles. The van der Waals surface area contributed by atoms with E-state index in [9.17, 15) is 9.59 Å². The molecular formula is C14H17BrN2O4. The van der Waals surface area contributed by atoms with Gasteiger partial charge in [0.05, 0.1) is 18.7 Å². The molecule has 1 aromatic carbocycles. The number of methoxy groups -OCH3 is 2. The molecule has 21 heavy (non-hydrogen) atoms. The fourth-order valence-corrected chi connectivity index (χ4v) is 2.75. The minimum Gasteiger partial charge on any atom is -0.496 e.